The molecule has 0 spiro atoms. The third-order valence-corrected chi connectivity index (χ3v) is 3.06. The van der Waals surface area contributed by atoms with Crippen molar-refractivity contribution in [1.82, 2.24) is 4.90 Å². The van der Waals surface area contributed by atoms with Gasteiger partial charge in [0.2, 0.25) is 0 Å². The highest BCUT2D eigenvalue weighted by Crippen LogP contribution is 2.09. The molecule has 0 aliphatic rings. The van der Waals surface area contributed by atoms with E-state index >= 15 is 0 Å². The minimum atomic E-state index is -0.777. The number of rotatable bonds is 8. The van der Waals surface area contributed by atoms with Gasteiger partial charge in [0.15, 0.2) is 0 Å². The van der Waals surface area contributed by atoms with E-state index < -0.39 is 5.97 Å². The Morgan fingerprint density at radius 3 is 2.28 bits per heavy atom. The molecule has 0 aromatic heterocycles. The molecule has 0 heterocycles. The Balaban J connectivity index is 2.53. The molecule has 0 aliphatic carbocycles. The summed E-state index contributed by atoms with van der Waals surface area (Å²) in [5, 5.41) is 8.71. The summed E-state index contributed by atoms with van der Waals surface area (Å²) in [6.45, 7) is 7.51. The van der Waals surface area contributed by atoms with Gasteiger partial charge in [0.05, 0.1) is 6.42 Å². The Morgan fingerprint density at radius 1 is 1.17 bits per heavy atom. The predicted molar refractivity (Wildman–Crippen MR) is 73.6 cm³/mol. The zero-order valence-electron chi connectivity index (χ0n) is 11.4. The summed E-state index contributed by atoms with van der Waals surface area (Å²) >= 11 is 0. The van der Waals surface area contributed by atoms with Gasteiger partial charge in [0, 0.05) is 6.54 Å². The summed E-state index contributed by atoms with van der Waals surface area (Å²) in [4.78, 5) is 13.0. The Bertz CT molecular complexity index is 359. The molecule has 0 amide bonds. The summed E-state index contributed by atoms with van der Waals surface area (Å²) in [5.41, 5.74) is 2.12. The van der Waals surface area contributed by atoms with Gasteiger partial charge in [-0.15, -0.1) is 0 Å². The van der Waals surface area contributed by atoms with Crippen molar-refractivity contribution in [3.8, 4) is 0 Å². The molecule has 0 fully saturated rings. The SMILES string of the molecule is CCCCN(CC)Cc1ccc(CC(=O)O)cc1. The number of carboxylic acid groups (broad SMARTS) is 1. The predicted octanol–water partition coefficient (Wildman–Crippen LogP) is 2.94. The average Bonchev–Trinajstić information content (AvgIpc) is 2.36. The average molecular weight is 249 g/mol. The molecule has 1 aromatic rings. The molecule has 0 radical (unpaired) electrons. The van der Waals surface area contributed by atoms with Crippen LogP contribution in [0, 0.1) is 0 Å². The number of carbonyl (C=O) groups is 1. The molecule has 0 unspecified atom stereocenters. The molecule has 1 N–H and O–H groups in total. The van der Waals surface area contributed by atoms with Gasteiger partial charge in [-0.25, -0.2) is 0 Å². The van der Waals surface area contributed by atoms with Crippen molar-refractivity contribution in [2.75, 3.05) is 13.1 Å². The number of hydrogen-bond acceptors (Lipinski definition) is 2. The first-order valence-electron chi connectivity index (χ1n) is 6.67. The van der Waals surface area contributed by atoms with Crippen LogP contribution < -0.4 is 0 Å². The quantitative estimate of drug-likeness (QED) is 0.770. The molecule has 0 saturated carbocycles. The number of aliphatic carboxylic acids is 1. The van der Waals surface area contributed by atoms with Crippen molar-refractivity contribution in [2.24, 2.45) is 0 Å². The minimum Gasteiger partial charge on any atom is -0.481 e. The highest BCUT2D eigenvalue weighted by atomic mass is 16.4. The van der Waals surface area contributed by atoms with Gasteiger partial charge in [-0.2, -0.15) is 0 Å². The van der Waals surface area contributed by atoms with Crippen molar-refractivity contribution in [2.45, 2.75) is 39.7 Å². The van der Waals surface area contributed by atoms with Crippen LogP contribution in [0.1, 0.15) is 37.8 Å². The van der Waals surface area contributed by atoms with Crippen LogP contribution in [0.15, 0.2) is 24.3 Å². The van der Waals surface area contributed by atoms with Crippen molar-refractivity contribution in [1.29, 1.82) is 0 Å². The molecule has 0 aliphatic heterocycles. The van der Waals surface area contributed by atoms with Crippen LogP contribution in [-0.4, -0.2) is 29.1 Å². The number of carboxylic acids is 1. The maximum Gasteiger partial charge on any atom is 0.307 e. The standard InChI is InChI=1S/C15H23NO2/c1-3-5-10-16(4-2)12-14-8-6-13(7-9-14)11-15(17)18/h6-9H,3-5,10-12H2,1-2H3,(H,17,18). The molecule has 18 heavy (non-hydrogen) atoms. The van der Waals surface area contributed by atoms with E-state index in [1.807, 2.05) is 24.3 Å². The second-order valence-electron chi connectivity index (χ2n) is 4.61. The summed E-state index contributed by atoms with van der Waals surface area (Å²) in [5.74, 6) is -0.777. The number of unbranched alkanes of at least 4 members (excludes halogenated alkanes) is 1. The maximum atomic E-state index is 10.6. The van der Waals surface area contributed by atoms with E-state index in [2.05, 4.69) is 18.7 Å². The molecular formula is C15H23NO2. The third kappa shape index (κ3) is 5.32. The molecule has 1 aromatic carbocycles. The smallest absolute Gasteiger partial charge is 0.307 e. The van der Waals surface area contributed by atoms with Gasteiger partial charge in [-0.1, -0.05) is 44.5 Å². The van der Waals surface area contributed by atoms with Gasteiger partial charge in [0.25, 0.3) is 0 Å². The Morgan fingerprint density at radius 2 is 1.78 bits per heavy atom. The van der Waals surface area contributed by atoms with Crippen molar-refractivity contribution < 1.29 is 9.90 Å². The van der Waals surface area contributed by atoms with Crippen LogP contribution in [-0.2, 0) is 17.8 Å². The van der Waals surface area contributed by atoms with Gasteiger partial charge in [0.1, 0.15) is 0 Å². The second-order valence-corrected chi connectivity index (χ2v) is 4.61. The van der Waals surface area contributed by atoms with Gasteiger partial charge in [-0.05, 0) is 30.6 Å². The minimum absolute atomic E-state index is 0.105. The number of hydrogen-bond donors (Lipinski definition) is 1. The fraction of sp³-hybridized carbons (Fsp3) is 0.533. The van der Waals surface area contributed by atoms with Crippen LogP contribution in [0.25, 0.3) is 0 Å². The van der Waals surface area contributed by atoms with E-state index in [0.29, 0.717) is 0 Å². The number of benzene rings is 1. The van der Waals surface area contributed by atoms with E-state index in [-0.39, 0.29) is 6.42 Å². The van der Waals surface area contributed by atoms with Gasteiger partial charge >= 0.3 is 5.97 Å². The van der Waals surface area contributed by atoms with Crippen LogP contribution in [0.5, 0.6) is 0 Å². The van der Waals surface area contributed by atoms with E-state index in [9.17, 15) is 4.79 Å². The summed E-state index contributed by atoms with van der Waals surface area (Å²) < 4.78 is 0. The zero-order valence-corrected chi connectivity index (χ0v) is 11.4. The lowest BCUT2D eigenvalue weighted by Crippen LogP contribution is -2.23. The van der Waals surface area contributed by atoms with E-state index in [1.54, 1.807) is 0 Å². The van der Waals surface area contributed by atoms with Gasteiger partial charge < -0.3 is 5.11 Å². The fourth-order valence-corrected chi connectivity index (χ4v) is 1.93. The Hall–Kier alpha value is -1.35. The Labute approximate surface area is 109 Å². The highest BCUT2D eigenvalue weighted by molar-refractivity contribution is 5.70. The fourth-order valence-electron chi connectivity index (χ4n) is 1.93. The zero-order chi connectivity index (χ0) is 13.4. The van der Waals surface area contributed by atoms with Crippen molar-refractivity contribution in [3.63, 3.8) is 0 Å². The molecule has 0 bridgehead atoms. The monoisotopic (exact) mass is 249 g/mol. The summed E-state index contributed by atoms with van der Waals surface area (Å²) in [6, 6.07) is 7.90. The van der Waals surface area contributed by atoms with Crippen molar-refractivity contribution >= 4 is 5.97 Å². The van der Waals surface area contributed by atoms with E-state index in [1.165, 1.54) is 18.4 Å². The number of nitrogens with zero attached hydrogens (tertiary/aromatic N) is 1. The lowest BCUT2D eigenvalue weighted by molar-refractivity contribution is -0.136. The topological polar surface area (TPSA) is 40.5 Å². The molecule has 3 heteroatoms. The van der Waals surface area contributed by atoms with E-state index in [0.717, 1.165) is 25.2 Å². The Kier molecular flexibility index (Phi) is 6.44. The summed E-state index contributed by atoms with van der Waals surface area (Å²) in [6.07, 6.45) is 2.55. The molecule has 0 atom stereocenters. The van der Waals surface area contributed by atoms with Crippen LogP contribution in [0.3, 0.4) is 0 Å². The lowest BCUT2D eigenvalue weighted by Gasteiger charge is -2.20. The third-order valence-electron chi connectivity index (χ3n) is 3.06. The molecule has 0 saturated heterocycles. The van der Waals surface area contributed by atoms with Crippen LogP contribution >= 0.6 is 0 Å². The van der Waals surface area contributed by atoms with Gasteiger partial charge in [-0.3, -0.25) is 9.69 Å². The van der Waals surface area contributed by atoms with Crippen molar-refractivity contribution in [3.05, 3.63) is 35.4 Å². The highest BCUT2D eigenvalue weighted by Gasteiger charge is 2.04. The summed E-state index contributed by atoms with van der Waals surface area (Å²) in [7, 11) is 0. The first-order valence-corrected chi connectivity index (χ1v) is 6.67. The maximum absolute atomic E-state index is 10.6. The second kappa shape index (κ2) is 7.88. The molecule has 3 nitrogen and oxygen atoms in total. The van der Waals surface area contributed by atoms with E-state index in [4.69, 9.17) is 5.11 Å². The normalized spacial score (nSPS) is 10.8. The lowest BCUT2D eigenvalue weighted by atomic mass is 10.1. The molecule has 100 valence electrons. The van der Waals surface area contributed by atoms with Crippen LogP contribution in [0.4, 0.5) is 0 Å². The van der Waals surface area contributed by atoms with Crippen LogP contribution in [0.2, 0.25) is 0 Å². The molecule has 1 rings (SSSR count). The first kappa shape index (κ1) is 14.7. The largest absolute Gasteiger partial charge is 0.481 e. The molecular weight excluding hydrogens is 226 g/mol. The first-order chi connectivity index (χ1) is 8.65.